The molecular weight excluding hydrogens is 254 g/mol. The summed E-state index contributed by atoms with van der Waals surface area (Å²) in [7, 11) is 0. The summed E-state index contributed by atoms with van der Waals surface area (Å²) >= 11 is 0. The molecule has 1 N–H and O–H groups in total. The number of carboxylic acid groups (broad SMARTS) is 1. The van der Waals surface area contributed by atoms with Crippen molar-refractivity contribution in [2.45, 2.75) is 13.5 Å². The number of aryl methyl sites for hydroxylation is 1. The smallest absolute Gasteiger partial charge is 0.323 e. The lowest BCUT2D eigenvalue weighted by atomic mass is 10.1. The van der Waals surface area contributed by atoms with Crippen molar-refractivity contribution in [2.24, 2.45) is 0 Å². The normalized spacial score (nSPS) is 11.1. The highest BCUT2D eigenvalue weighted by Gasteiger charge is 2.13. The van der Waals surface area contributed by atoms with Crippen LogP contribution in [0, 0.1) is 6.92 Å². The highest BCUT2D eigenvalue weighted by atomic mass is 16.4. The minimum absolute atomic E-state index is 0.0460. The molecule has 0 fully saturated rings. The highest BCUT2D eigenvalue weighted by molar-refractivity contribution is 5.95. The van der Waals surface area contributed by atoms with E-state index >= 15 is 0 Å². The van der Waals surface area contributed by atoms with Gasteiger partial charge in [-0.1, -0.05) is 24.3 Å². The topological polar surface area (TPSA) is 59.3 Å². The number of carbonyl (C=O) groups is 1. The van der Waals surface area contributed by atoms with Crippen LogP contribution >= 0.6 is 0 Å². The molecule has 20 heavy (non-hydrogen) atoms. The van der Waals surface area contributed by atoms with Crippen molar-refractivity contribution < 1.29 is 9.90 Å². The van der Waals surface area contributed by atoms with Gasteiger partial charge in [0.15, 0.2) is 5.43 Å². The SMILES string of the molecule is Cc1cccc2c1c(=O)c1ccccc1n2CC(=O)O. The maximum absolute atomic E-state index is 12.6. The van der Waals surface area contributed by atoms with Crippen LogP contribution in [0.2, 0.25) is 0 Å². The maximum atomic E-state index is 12.6. The molecular formula is C16H13NO3. The largest absolute Gasteiger partial charge is 0.480 e. The Labute approximate surface area is 114 Å². The van der Waals surface area contributed by atoms with Gasteiger partial charge in [-0.2, -0.15) is 0 Å². The van der Waals surface area contributed by atoms with Crippen LogP contribution in [-0.4, -0.2) is 15.6 Å². The minimum Gasteiger partial charge on any atom is -0.480 e. The Balaban J connectivity index is 2.60. The molecule has 0 aliphatic heterocycles. The average Bonchev–Trinajstić information content (AvgIpc) is 2.43. The third kappa shape index (κ3) is 1.77. The molecule has 0 atom stereocenters. The van der Waals surface area contributed by atoms with Crippen molar-refractivity contribution >= 4 is 27.8 Å². The van der Waals surface area contributed by atoms with Crippen LogP contribution in [0.5, 0.6) is 0 Å². The lowest BCUT2D eigenvalue weighted by Gasteiger charge is -2.14. The lowest BCUT2D eigenvalue weighted by molar-refractivity contribution is -0.137. The molecule has 100 valence electrons. The number of hydrogen-bond donors (Lipinski definition) is 1. The molecule has 2 aromatic carbocycles. The van der Waals surface area contributed by atoms with Crippen LogP contribution in [0.15, 0.2) is 47.3 Å². The fraction of sp³-hybridized carbons (Fsp3) is 0.125. The molecule has 0 bridgehead atoms. The second-order valence-corrected chi connectivity index (χ2v) is 4.80. The fourth-order valence-electron chi connectivity index (χ4n) is 2.64. The van der Waals surface area contributed by atoms with Gasteiger partial charge in [-0.3, -0.25) is 9.59 Å². The standard InChI is InChI=1S/C16H13NO3/c1-10-5-4-8-13-15(10)16(20)11-6-2-3-7-12(11)17(13)9-14(18)19/h2-8H,9H2,1H3,(H,18,19). The average molecular weight is 267 g/mol. The Morgan fingerprint density at radius 1 is 1.10 bits per heavy atom. The second kappa shape index (κ2) is 4.49. The summed E-state index contributed by atoms with van der Waals surface area (Å²) < 4.78 is 1.68. The first kappa shape index (κ1) is 12.4. The molecule has 0 saturated carbocycles. The quantitative estimate of drug-likeness (QED) is 0.726. The van der Waals surface area contributed by atoms with Gasteiger partial charge in [0.2, 0.25) is 0 Å². The van der Waals surface area contributed by atoms with Crippen LogP contribution < -0.4 is 5.43 Å². The maximum Gasteiger partial charge on any atom is 0.323 e. The van der Waals surface area contributed by atoms with E-state index in [1.54, 1.807) is 28.8 Å². The number of pyridine rings is 1. The molecule has 4 nitrogen and oxygen atoms in total. The number of aromatic nitrogens is 1. The van der Waals surface area contributed by atoms with Crippen LogP contribution in [0.4, 0.5) is 0 Å². The zero-order valence-corrected chi connectivity index (χ0v) is 11.0. The number of aliphatic carboxylic acids is 1. The number of carboxylic acids is 1. The summed E-state index contributed by atoms with van der Waals surface area (Å²) in [6.45, 7) is 1.70. The van der Waals surface area contributed by atoms with Crippen LogP contribution in [0.25, 0.3) is 21.8 Å². The number of rotatable bonds is 2. The van der Waals surface area contributed by atoms with E-state index in [2.05, 4.69) is 0 Å². The first-order valence-corrected chi connectivity index (χ1v) is 6.32. The van der Waals surface area contributed by atoms with Crippen molar-refractivity contribution in [1.82, 2.24) is 4.57 Å². The van der Waals surface area contributed by atoms with Crippen molar-refractivity contribution in [3.05, 3.63) is 58.3 Å². The van der Waals surface area contributed by atoms with Crippen molar-refractivity contribution in [3.8, 4) is 0 Å². The first-order chi connectivity index (χ1) is 9.59. The third-order valence-electron chi connectivity index (χ3n) is 3.50. The van der Waals surface area contributed by atoms with Gasteiger partial charge >= 0.3 is 5.97 Å². The molecule has 0 radical (unpaired) electrons. The molecule has 1 heterocycles. The highest BCUT2D eigenvalue weighted by Crippen LogP contribution is 2.21. The first-order valence-electron chi connectivity index (χ1n) is 6.32. The number of benzene rings is 2. The third-order valence-corrected chi connectivity index (χ3v) is 3.50. The van der Waals surface area contributed by atoms with Gasteiger partial charge in [0.1, 0.15) is 6.54 Å². The summed E-state index contributed by atoms with van der Waals surface area (Å²) in [5, 5.41) is 10.3. The fourth-order valence-corrected chi connectivity index (χ4v) is 2.64. The molecule has 0 aliphatic rings. The summed E-state index contributed by atoms with van der Waals surface area (Å²) in [6.07, 6.45) is 0. The van der Waals surface area contributed by atoms with E-state index in [1.165, 1.54) is 0 Å². The van der Waals surface area contributed by atoms with Gasteiger partial charge < -0.3 is 9.67 Å². The number of nitrogens with zero attached hydrogens (tertiary/aromatic N) is 1. The van der Waals surface area contributed by atoms with Crippen molar-refractivity contribution in [2.75, 3.05) is 0 Å². The van der Waals surface area contributed by atoms with Crippen molar-refractivity contribution in [3.63, 3.8) is 0 Å². The Morgan fingerprint density at radius 2 is 1.80 bits per heavy atom. The minimum atomic E-state index is -0.929. The summed E-state index contributed by atoms with van der Waals surface area (Å²) in [5.74, 6) is -0.929. The monoisotopic (exact) mass is 267 g/mol. The van der Waals surface area contributed by atoms with E-state index in [1.807, 2.05) is 25.1 Å². The van der Waals surface area contributed by atoms with E-state index in [-0.39, 0.29) is 12.0 Å². The molecule has 0 saturated heterocycles. The van der Waals surface area contributed by atoms with E-state index < -0.39 is 5.97 Å². The number of fused-ring (bicyclic) bond motifs is 2. The zero-order chi connectivity index (χ0) is 14.3. The van der Waals surface area contributed by atoms with Crippen LogP contribution in [-0.2, 0) is 11.3 Å². The molecule has 4 heteroatoms. The molecule has 0 spiro atoms. The van der Waals surface area contributed by atoms with Crippen LogP contribution in [0.3, 0.4) is 0 Å². The lowest BCUT2D eigenvalue weighted by Crippen LogP contribution is -2.16. The summed E-state index contributed by atoms with van der Waals surface area (Å²) in [6, 6.07) is 12.6. The van der Waals surface area contributed by atoms with Gasteiger partial charge in [0, 0.05) is 10.8 Å². The predicted octanol–water partition coefficient (Wildman–Crippen LogP) is 2.55. The predicted molar refractivity (Wildman–Crippen MR) is 78.1 cm³/mol. The van der Waals surface area contributed by atoms with Gasteiger partial charge in [-0.05, 0) is 30.7 Å². The van der Waals surface area contributed by atoms with Gasteiger partial charge in [-0.25, -0.2) is 0 Å². The van der Waals surface area contributed by atoms with Crippen molar-refractivity contribution in [1.29, 1.82) is 0 Å². The Bertz CT molecular complexity index is 893. The zero-order valence-electron chi connectivity index (χ0n) is 11.0. The van der Waals surface area contributed by atoms with E-state index in [9.17, 15) is 9.59 Å². The van der Waals surface area contributed by atoms with E-state index in [0.717, 1.165) is 5.56 Å². The van der Waals surface area contributed by atoms with Gasteiger partial charge in [-0.15, -0.1) is 0 Å². The molecule has 3 rings (SSSR count). The Hall–Kier alpha value is -2.62. The number of hydrogen-bond acceptors (Lipinski definition) is 2. The van der Waals surface area contributed by atoms with E-state index in [4.69, 9.17) is 5.11 Å². The molecule has 0 unspecified atom stereocenters. The molecule has 0 aliphatic carbocycles. The molecule has 1 aromatic heterocycles. The van der Waals surface area contributed by atoms with E-state index in [0.29, 0.717) is 21.8 Å². The second-order valence-electron chi connectivity index (χ2n) is 4.80. The molecule has 3 aromatic rings. The number of para-hydroxylation sites is 1. The summed E-state index contributed by atoms with van der Waals surface area (Å²) in [5.41, 5.74) is 2.13. The Morgan fingerprint density at radius 3 is 2.55 bits per heavy atom. The molecule has 0 amide bonds. The van der Waals surface area contributed by atoms with Gasteiger partial charge in [0.25, 0.3) is 0 Å². The summed E-state index contributed by atoms with van der Waals surface area (Å²) in [4.78, 5) is 23.7. The van der Waals surface area contributed by atoms with Crippen LogP contribution in [0.1, 0.15) is 5.56 Å². The Kier molecular flexibility index (Phi) is 2.79. The van der Waals surface area contributed by atoms with Gasteiger partial charge in [0.05, 0.1) is 11.0 Å².